The number of methoxy groups -OCH3 is 1. The molecule has 0 saturated heterocycles. The average molecular weight is 319 g/mol. The van der Waals surface area contributed by atoms with Crippen molar-refractivity contribution in [2.24, 2.45) is 7.05 Å². The number of rotatable bonds is 5. The molecule has 0 aliphatic rings. The Balaban J connectivity index is 2.06. The van der Waals surface area contributed by atoms with Gasteiger partial charge in [0.1, 0.15) is 35.2 Å². The van der Waals surface area contributed by atoms with E-state index in [1.165, 1.54) is 0 Å². The molecule has 0 amide bonds. The number of para-hydroxylation sites is 1. The molecule has 3 rings (SSSR count). The first-order chi connectivity index (χ1) is 11.7. The van der Waals surface area contributed by atoms with Crippen LogP contribution in [0.5, 0.6) is 5.75 Å². The van der Waals surface area contributed by atoms with Crippen molar-refractivity contribution in [1.29, 1.82) is 5.26 Å². The lowest BCUT2D eigenvalue weighted by atomic mass is 10.0. The summed E-state index contributed by atoms with van der Waals surface area (Å²) in [5.41, 5.74) is 1.30. The predicted octanol–water partition coefficient (Wildman–Crippen LogP) is 2.90. The van der Waals surface area contributed by atoms with Gasteiger partial charge in [-0.05, 0) is 18.2 Å². The van der Waals surface area contributed by atoms with Crippen molar-refractivity contribution in [3.63, 3.8) is 0 Å². The fraction of sp³-hybridized carbons (Fsp3) is 0.167. The van der Waals surface area contributed by atoms with Crippen LogP contribution in [0.15, 0.2) is 54.9 Å². The maximum Gasteiger partial charge on any atom is 0.142 e. The number of nitrogens with zero attached hydrogens (tertiary/aromatic N) is 4. The fourth-order valence-corrected chi connectivity index (χ4v) is 2.57. The maximum absolute atomic E-state index is 9.05. The Morgan fingerprint density at radius 3 is 2.75 bits per heavy atom. The standard InChI is InChI=1S/C18H17N5O/c1-23-11-10-20-18(23)17(14-7-3-4-8-15(14)24-2)22-16-9-5-6-13(12-19)21-16/h3-11,17H,1-2H3,(H,21,22). The number of pyridine rings is 1. The first-order valence-electron chi connectivity index (χ1n) is 7.46. The van der Waals surface area contributed by atoms with E-state index in [-0.39, 0.29) is 6.04 Å². The SMILES string of the molecule is COc1ccccc1C(Nc1cccc(C#N)n1)c1nccn1C. The second-order valence-corrected chi connectivity index (χ2v) is 5.24. The zero-order valence-electron chi connectivity index (χ0n) is 13.5. The summed E-state index contributed by atoms with van der Waals surface area (Å²) in [5, 5.41) is 12.4. The van der Waals surface area contributed by atoms with E-state index in [2.05, 4.69) is 21.4 Å². The number of nitrogens with one attached hydrogen (secondary N) is 1. The molecule has 0 aliphatic heterocycles. The topological polar surface area (TPSA) is 75.8 Å². The number of anilines is 1. The Labute approximate surface area is 140 Å². The molecule has 0 fully saturated rings. The first kappa shape index (κ1) is 15.6. The Hall–Kier alpha value is -3.33. The Morgan fingerprint density at radius 1 is 1.21 bits per heavy atom. The number of ether oxygens (including phenoxy) is 1. The molecule has 2 aromatic heterocycles. The van der Waals surface area contributed by atoms with E-state index in [0.29, 0.717) is 11.5 Å². The second-order valence-electron chi connectivity index (χ2n) is 5.24. The van der Waals surface area contributed by atoms with Crippen molar-refractivity contribution in [1.82, 2.24) is 14.5 Å². The van der Waals surface area contributed by atoms with Gasteiger partial charge in [-0.25, -0.2) is 9.97 Å². The van der Waals surface area contributed by atoms with E-state index in [1.54, 1.807) is 25.4 Å². The first-order valence-corrected chi connectivity index (χ1v) is 7.46. The number of hydrogen-bond donors (Lipinski definition) is 1. The molecule has 120 valence electrons. The van der Waals surface area contributed by atoms with Gasteiger partial charge in [-0.2, -0.15) is 5.26 Å². The van der Waals surface area contributed by atoms with Crippen LogP contribution in [-0.2, 0) is 7.05 Å². The van der Waals surface area contributed by atoms with Crippen LogP contribution in [0, 0.1) is 11.3 Å². The average Bonchev–Trinajstić information content (AvgIpc) is 3.05. The zero-order valence-corrected chi connectivity index (χ0v) is 13.5. The van der Waals surface area contributed by atoms with Crippen LogP contribution in [0.1, 0.15) is 23.1 Å². The van der Waals surface area contributed by atoms with Crippen LogP contribution in [0.25, 0.3) is 0 Å². The highest BCUT2D eigenvalue weighted by molar-refractivity contribution is 5.47. The Bertz CT molecular complexity index is 881. The molecule has 1 atom stereocenters. The van der Waals surface area contributed by atoms with E-state index in [0.717, 1.165) is 17.1 Å². The molecular weight excluding hydrogens is 302 g/mol. The number of aromatic nitrogens is 3. The van der Waals surface area contributed by atoms with E-state index in [1.807, 2.05) is 48.1 Å². The third-order valence-electron chi connectivity index (χ3n) is 3.72. The summed E-state index contributed by atoms with van der Waals surface area (Å²) in [6.45, 7) is 0. The number of benzene rings is 1. The molecule has 0 bridgehead atoms. The van der Waals surface area contributed by atoms with E-state index < -0.39 is 0 Å². The second kappa shape index (κ2) is 6.84. The predicted molar refractivity (Wildman–Crippen MR) is 90.6 cm³/mol. The van der Waals surface area contributed by atoms with Gasteiger partial charge >= 0.3 is 0 Å². The van der Waals surface area contributed by atoms with Crippen LogP contribution in [-0.4, -0.2) is 21.6 Å². The van der Waals surface area contributed by atoms with Crippen LogP contribution < -0.4 is 10.1 Å². The van der Waals surface area contributed by atoms with Crippen molar-refractivity contribution in [2.45, 2.75) is 6.04 Å². The third kappa shape index (κ3) is 3.06. The van der Waals surface area contributed by atoms with Gasteiger partial charge in [0, 0.05) is 25.0 Å². The molecule has 24 heavy (non-hydrogen) atoms. The van der Waals surface area contributed by atoms with Gasteiger partial charge in [0.25, 0.3) is 0 Å². The van der Waals surface area contributed by atoms with Crippen LogP contribution in [0.2, 0.25) is 0 Å². The molecular formula is C18H17N5O. The van der Waals surface area contributed by atoms with Gasteiger partial charge < -0.3 is 14.6 Å². The van der Waals surface area contributed by atoms with E-state index in [9.17, 15) is 0 Å². The molecule has 0 aliphatic carbocycles. The molecule has 0 saturated carbocycles. The van der Waals surface area contributed by atoms with Crippen LogP contribution >= 0.6 is 0 Å². The van der Waals surface area contributed by atoms with Crippen molar-refractivity contribution < 1.29 is 4.74 Å². The minimum Gasteiger partial charge on any atom is -0.496 e. The van der Waals surface area contributed by atoms with Gasteiger partial charge in [-0.1, -0.05) is 24.3 Å². The van der Waals surface area contributed by atoms with Crippen molar-refractivity contribution in [3.8, 4) is 11.8 Å². The number of imidazole rings is 1. The van der Waals surface area contributed by atoms with Crippen molar-refractivity contribution in [2.75, 3.05) is 12.4 Å². The fourth-order valence-electron chi connectivity index (χ4n) is 2.57. The lowest BCUT2D eigenvalue weighted by molar-refractivity contribution is 0.408. The quantitative estimate of drug-likeness (QED) is 0.782. The third-order valence-corrected chi connectivity index (χ3v) is 3.72. The van der Waals surface area contributed by atoms with Crippen molar-refractivity contribution >= 4 is 5.82 Å². The highest BCUT2D eigenvalue weighted by Crippen LogP contribution is 2.31. The highest BCUT2D eigenvalue weighted by Gasteiger charge is 2.22. The van der Waals surface area contributed by atoms with Crippen LogP contribution in [0.4, 0.5) is 5.82 Å². The molecule has 1 unspecified atom stereocenters. The van der Waals surface area contributed by atoms with Gasteiger partial charge in [-0.3, -0.25) is 0 Å². The summed E-state index contributed by atoms with van der Waals surface area (Å²) in [6, 6.07) is 14.9. The summed E-state index contributed by atoms with van der Waals surface area (Å²) >= 11 is 0. The molecule has 6 heteroatoms. The molecule has 1 N–H and O–H groups in total. The molecule has 3 aromatic rings. The molecule has 0 spiro atoms. The number of hydrogen-bond acceptors (Lipinski definition) is 5. The summed E-state index contributed by atoms with van der Waals surface area (Å²) in [5.74, 6) is 2.19. The molecule has 0 radical (unpaired) electrons. The Morgan fingerprint density at radius 2 is 2.04 bits per heavy atom. The normalized spacial score (nSPS) is 11.5. The van der Waals surface area contributed by atoms with Gasteiger partial charge in [0.2, 0.25) is 0 Å². The van der Waals surface area contributed by atoms with E-state index in [4.69, 9.17) is 10.00 Å². The largest absolute Gasteiger partial charge is 0.496 e. The van der Waals surface area contributed by atoms with Crippen molar-refractivity contribution in [3.05, 3.63) is 71.9 Å². The minimum absolute atomic E-state index is 0.261. The summed E-state index contributed by atoms with van der Waals surface area (Å²) in [6.07, 6.45) is 3.64. The Kier molecular flexibility index (Phi) is 4.43. The van der Waals surface area contributed by atoms with Crippen LogP contribution in [0.3, 0.4) is 0 Å². The van der Waals surface area contributed by atoms with Gasteiger partial charge in [0.05, 0.1) is 7.11 Å². The van der Waals surface area contributed by atoms with Gasteiger partial charge in [0.15, 0.2) is 0 Å². The zero-order chi connectivity index (χ0) is 16.9. The summed E-state index contributed by atoms with van der Waals surface area (Å²) < 4.78 is 7.44. The smallest absolute Gasteiger partial charge is 0.142 e. The highest BCUT2D eigenvalue weighted by atomic mass is 16.5. The summed E-state index contributed by atoms with van der Waals surface area (Å²) in [4.78, 5) is 8.76. The number of aryl methyl sites for hydroxylation is 1. The minimum atomic E-state index is -0.261. The molecule has 1 aromatic carbocycles. The van der Waals surface area contributed by atoms with E-state index >= 15 is 0 Å². The monoisotopic (exact) mass is 319 g/mol. The molecule has 6 nitrogen and oxygen atoms in total. The maximum atomic E-state index is 9.05. The molecule has 2 heterocycles. The summed E-state index contributed by atoms with van der Waals surface area (Å²) in [7, 11) is 3.58. The lowest BCUT2D eigenvalue weighted by Crippen LogP contribution is -2.18. The number of nitriles is 1. The van der Waals surface area contributed by atoms with Gasteiger partial charge in [-0.15, -0.1) is 0 Å². The lowest BCUT2D eigenvalue weighted by Gasteiger charge is -2.21.